The van der Waals surface area contributed by atoms with Gasteiger partial charge in [0.1, 0.15) is 12.5 Å². The smallest absolute Gasteiger partial charge is 0.309 e. The van der Waals surface area contributed by atoms with Crippen LogP contribution in [0.2, 0.25) is 0 Å². The average molecular weight is 633 g/mol. The molecule has 0 saturated heterocycles. The Morgan fingerprint density at radius 3 is 2.52 bits per heavy atom. The minimum Gasteiger partial charge on any atom is -0.481 e. The Balaban J connectivity index is 1.79. The molecule has 1 aromatic carbocycles. The largest absolute Gasteiger partial charge is 0.481 e. The number of nitrogens with one attached hydrogen (secondary N) is 1. The lowest BCUT2D eigenvalue weighted by molar-refractivity contribution is -0.147. The molecule has 2 heterocycles. The van der Waals surface area contributed by atoms with E-state index in [1.807, 2.05) is 4.72 Å². The fourth-order valence-corrected chi connectivity index (χ4v) is 7.38. The van der Waals surface area contributed by atoms with Crippen LogP contribution in [-0.4, -0.2) is 47.4 Å². The molecule has 2 N–H and O–H groups in total. The summed E-state index contributed by atoms with van der Waals surface area (Å²) in [5.74, 6) is -2.22. The van der Waals surface area contributed by atoms with Gasteiger partial charge in [-0.05, 0) is 44.7 Å². The number of sulfonamides is 1. The molecular formula is C27H32F4N4O5S2. The van der Waals surface area contributed by atoms with Crippen LogP contribution in [0.1, 0.15) is 76.4 Å². The number of hydrogen-bond donors (Lipinski definition) is 2. The van der Waals surface area contributed by atoms with E-state index in [4.69, 9.17) is 4.42 Å². The van der Waals surface area contributed by atoms with Crippen molar-refractivity contribution in [3.05, 3.63) is 35.1 Å². The maximum absolute atomic E-state index is 15.9. The fraction of sp³-hybridized carbons (Fsp3) is 0.556. The highest BCUT2D eigenvalue weighted by molar-refractivity contribution is 7.89. The Morgan fingerprint density at radius 2 is 1.93 bits per heavy atom. The highest BCUT2D eigenvalue weighted by Gasteiger charge is 2.33. The Hall–Kier alpha value is -2.91. The minimum atomic E-state index is -4.66. The molecule has 0 amide bonds. The summed E-state index contributed by atoms with van der Waals surface area (Å²) in [6.45, 7) is 3.48. The molecule has 3 aromatic rings. The second-order valence-corrected chi connectivity index (χ2v) is 13.7. The first-order chi connectivity index (χ1) is 19.8. The van der Waals surface area contributed by atoms with E-state index >= 15 is 4.39 Å². The van der Waals surface area contributed by atoms with Gasteiger partial charge in [0, 0.05) is 12.0 Å². The molecule has 0 radical (unpaired) electrons. The molecule has 9 nitrogen and oxygen atoms in total. The van der Waals surface area contributed by atoms with E-state index in [2.05, 4.69) is 15.2 Å². The number of carboxylic acids is 1. The van der Waals surface area contributed by atoms with Gasteiger partial charge in [-0.25, -0.2) is 35.7 Å². The zero-order valence-corrected chi connectivity index (χ0v) is 24.9. The van der Waals surface area contributed by atoms with E-state index in [0.29, 0.717) is 12.1 Å². The van der Waals surface area contributed by atoms with E-state index in [9.17, 15) is 31.5 Å². The topological polar surface area (TPSA) is 135 Å². The SMILES string of the molecule is CC[C@@H](CF)NS(=O)(=O)c1ccc(-c2sc(-c3nnc(CC(C)(C)C(=O)O)o3)nc2CC2CCCC2)c(F)c1C(F)F. The van der Waals surface area contributed by atoms with E-state index in [1.54, 1.807) is 0 Å². The maximum atomic E-state index is 15.9. The molecule has 0 unspecified atom stereocenters. The number of aliphatic carboxylic acids is 1. The molecule has 1 fully saturated rings. The van der Waals surface area contributed by atoms with Crippen LogP contribution in [0.4, 0.5) is 17.6 Å². The van der Waals surface area contributed by atoms with Crippen molar-refractivity contribution in [3.8, 4) is 21.3 Å². The number of halogens is 4. The lowest BCUT2D eigenvalue weighted by atomic mass is 9.90. The first kappa shape index (κ1) is 32.0. The molecule has 0 spiro atoms. The normalized spacial score (nSPS) is 15.5. The Bertz CT molecular complexity index is 1530. The zero-order chi connectivity index (χ0) is 30.8. The number of nitrogens with zero attached hydrogens (tertiary/aromatic N) is 3. The van der Waals surface area contributed by atoms with Crippen molar-refractivity contribution in [2.24, 2.45) is 11.3 Å². The average Bonchev–Trinajstić information content (AvgIpc) is 3.69. The van der Waals surface area contributed by atoms with Crippen LogP contribution in [0.3, 0.4) is 0 Å². The van der Waals surface area contributed by atoms with Crippen LogP contribution in [0, 0.1) is 17.2 Å². The van der Waals surface area contributed by atoms with Gasteiger partial charge in [-0.1, -0.05) is 32.6 Å². The second-order valence-electron chi connectivity index (χ2n) is 11.0. The van der Waals surface area contributed by atoms with Crippen molar-refractivity contribution in [1.82, 2.24) is 19.9 Å². The number of carboxylic acid groups (broad SMARTS) is 1. The lowest BCUT2D eigenvalue weighted by Gasteiger charge is -2.17. The molecule has 2 aromatic heterocycles. The van der Waals surface area contributed by atoms with Crippen molar-refractivity contribution in [1.29, 1.82) is 0 Å². The van der Waals surface area contributed by atoms with Crippen LogP contribution in [0.25, 0.3) is 21.3 Å². The molecule has 1 aliphatic carbocycles. The third-order valence-corrected chi connectivity index (χ3v) is 10.1. The monoisotopic (exact) mass is 632 g/mol. The highest BCUT2D eigenvalue weighted by atomic mass is 32.2. The van der Waals surface area contributed by atoms with Crippen molar-refractivity contribution in [2.45, 2.75) is 83.1 Å². The summed E-state index contributed by atoms with van der Waals surface area (Å²) in [5, 5.41) is 17.5. The summed E-state index contributed by atoms with van der Waals surface area (Å²) in [7, 11) is -4.66. The third-order valence-electron chi connectivity index (χ3n) is 7.37. The fourth-order valence-electron chi connectivity index (χ4n) is 4.84. The van der Waals surface area contributed by atoms with Gasteiger partial charge in [-0.3, -0.25) is 4.79 Å². The summed E-state index contributed by atoms with van der Waals surface area (Å²) in [4.78, 5) is 15.3. The van der Waals surface area contributed by atoms with E-state index in [1.165, 1.54) is 20.8 Å². The molecule has 1 atom stereocenters. The molecule has 0 aliphatic heterocycles. The highest BCUT2D eigenvalue weighted by Crippen LogP contribution is 2.42. The maximum Gasteiger partial charge on any atom is 0.309 e. The molecule has 0 bridgehead atoms. The van der Waals surface area contributed by atoms with Gasteiger partial charge in [-0.2, -0.15) is 0 Å². The molecule has 1 saturated carbocycles. The number of hydrogen-bond acceptors (Lipinski definition) is 8. The van der Waals surface area contributed by atoms with Crippen LogP contribution < -0.4 is 4.72 Å². The Kier molecular flexibility index (Phi) is 9.72. The summed E-state index contributed by atoms with van der Waals surface area (Å²) in [5.41, 5.74) is -2.33. The zero-order valence-electron chi connectivity index (χ0n) is 23.3. The minimum absolute atomic E-state index is 0.0372. The van der Waals surface area contributed by atoms with Gasteiger partial charge in [0.2, 0.25) is 15.9 Å². The second kappa shape index (κ2) is 12.8. The van der Waals surface area contributed by atoms with Gasteiger partial charge in [0.25, 0.3) is 12.3 Å². The van der Waals surface area contributed by atoms with Crippen molar-refractivity contribution in [2.75, 3.05) is 6.67 Å². The third kappa shape index (κ3) is 6.83. The van der Waals surface area contributed by atoms with E-state index < -0.39 is 56.8 Å². The van der Waals surface area contributed by atoms with Crippen LogP contribution >= 0.6 is 11.3 Å². The van der Waals surface area contributed by atoms with Crippen molar-refractivity contribution < 1.29 is 40.3 Å². The number of carbonyl (C=O) groups is 1. The predicted molar refractivity (Wildman–Crippen MR) is 147 cm³/mol. The van der Waals surface area contributed by atoms with E-state index in [-0.39, 0.29) is 46.0 Å². The van der Waals surface area contributed by atoms with Crippen molar-refractivity contribution >= 4 is 27.3 Å². The molecule has 4 rings (SSSR count). The van der Waals surface area contributed by atoms with Crippen LogP contribution in [-0.2, 0) is 27.7 Å². The first-order valence-corrected chi connectivity index (χ1v) is 15.8. The van der Waals surface area contributed by atoms with Crippen LogP contribution in [0.5, 0.6) is 0 Å². The molecule has 42 heavy (non-hydrogen) atoms. The molecular weight excluding hydrogens is 600 g/mol. The van der Waals surface area contributed by atoms with Gasteiger partial charge < -0.3 is 9.52 Å². The van der Waals surface area contributed by atoms with Gasteiger partial charge in [0.05, 0.1) is 32.5 Å². The summed E-state index contributed by atoms with van der Waals surface area (Å²) < 4.78 is 91.0. The Morgan fingerprint density at radius 1 is 1.24 bits per heavy atom. The first-order valence-electron chi connectivity index (χ1n) is 13.5. The molecule has 1 aliphatic rings. The predicted octanol–water partition coefficient (Wildman–Crippen LogP) is 6.35. The van der Waals surface area contributed by atoms with Crippen LogP contribution in [0.15, 0.2) is 21.4 Å². The Labute approximate surface area is 244 Å². The number of alkyl halides is 3. The number of rotatable bonds is 13. The number of benzene rings is 1. The standard InChI is InChI=1S/C27H32F4N4O5S2/c1-4-15(13-28)35-42(38,39)18-10-9-16(21(29)20(18)23(30)31)22-17(11-14-7-5-6-8-14)32-25(41-22)24-34-33-19(40-24)12-27(2,3)26(36)37/h9-10,14-15,23,35H,4-8,11-13H2,1-3H3,(H,36,37)/t15-/m0/s1. The summed E-state index contributed by atoms with van der Waals surface area (Å²) in [6.07, 6.45) is 0.834. The lowest BCUT2D eigenvalue weighted by Crippen LogP contribution is -2.36. The summed E-state index contributed by atoms with van der Waals surface area (Å²) >= 11 is 0.929. The van der Waals surface area contributed by atoms with Gasteiger partial charge in [0.15, 0.2) is 5.01 Å². The molecule has 230 valence electrons. The number of thiazole rings is 1. The van der Waals surface area contributed by atoms with E-state index in [0.717, 1.165) is 49.2 Å². The molecule has 15 heteroatoms. The number of aromatic nitrogens is 3. The quantitative estimate of drug-likeness (QED) is 0.208. The summed E-state index contributed by atoms with van der Waals surface area (Å²) in [6, 6.07) is 0.853. The van der Waals surface area contributed by atoms with Gasteiger partial charge in [-0.15, -0.1) is 21.5 Å². The van der Waals surface area contributed by atoms with Crippen molar-refractivity contribution in [3.63, 3.8) is 0 Å². The van der Waals surface area contributed by atoms with Gasteiger partial charge >= 0.3 is 5.97 Å².